The first-order chi connectivity index (χ1) is 14.0. The molecular weight excluding hydrogens is 362 g/mol. The molecule has 3 rings (SSSR count). The summed E-state index contributed by atoms with van der Waals surface area (Å²) in [6.07, 6.45) is 1.11. The van der Waals surface area contributed by atoms with Crippen LogP contribution in [0, 0.1) is 0 Å². The first kappa shape index (κ1) is 21.1. The van der Waals surface area contributed by atoms with Gasteiger partial charge in [0.25, 0.3) is 0 Å². The number of hydrogen-bond donors (Lipinski definition) is 1. The van der Waals surface area contributed by atoms with E-state index >= 15 is 0 Å². The molecule has 29 heavy (non-hydrogen) atoms. The number of rotatable bonds is 7. The predicted molar refractivity (Wildman–Crippen MR) is 119 cm³/mol. The molecule has 5 nitrogen and oxygen atoms in total. The molecule has 5 heteroatoms. The Hall–Kier alpha value is -2.66. The fraction of sp³-hybridized carbons (Fsp3) is 0.417. The van der Waals surface area contributed by atoms with Gasteiger partial charge in [-0.3, -0.25) is 14.5 Å². The van der Waals surface area contributed by atoms with Gasteiger partial charge in [0.2, 0.25) is 5.91 Å². The Labute approximate surface area is 173 Å². The minimum absolute atomic E-state index is 0.0283. The summed E-state index contributed by atoms with van der Waals surface area (Å²) >= 11 is 0. The van der Waals surface area contributed by atoms with Crippen molar-refractivity contribution >= 4 is 23.1 Å². The molecule has 0 saturated carbocycles. The molecule has 1 aliphatic heterocycles. The molecule has 0 aliphatic carbocycles. The largest absolute Gasteiger partial charge is 0.369 e. The van der Waals surface area contributed by atoms with E-state index < -0.39 is 0 Å². The summed E-state index contributed by atoms with van der Waals surface area (Å²) in [5.74, 6) is 0.650. The molecule has 0 unspecified atom stereocenters. The number of carbonyl (C=O) groups is 2. The first-order valence-electron chi connectivity index (χ1n) is 10.4. The monoisotopic (exact) mass is 393 g/mol. The third kappa shape index (κ3) is 5.67. The van der Waals surface area contributed by atoms with Gasteiger partial charge in [-0.15, -0.1) is 0 Å². The summed E-state index contributed by atoms with van der Waals surface area (Å²) in [4.78, 5) is 28.3. The van der Waals surface area contributed by atoms with Gasteiger partial charge < -0.3 is 10.2 Å². The topological polar surface area (TPSA) is 52.7 Å². The van der Waals surface area contributed by atoms with Gasteiger partial charge >= 0.3 is 0 Å². The maximum absolute atomic E-state index is 12.4. The highest BCUT2D eigenvalue weighted by molar-refractivity contribution is 5.94. The molecule has 1 heterocycles. The Balaban J connectivity index is 1.46. The Bertz CT molecular complexity index is 822. The number of anilines is 2. The standard InChI is InChI=1S/C24H31N3O2/c1-4-18(2)20-5-9-22(10-6-20)25-24(29)17-26-13-15-27(16-14-26)23-11-7-21(8-12-23)19(3)28/h5-12,18H,4,13-17H2,1-3H3,(H,25,29)/t18-/m1/s1. The van der Waals surface area contributed by atoms with E-state index in [1.165, 1.54) is 5.56 Å². The number of carbonyl (C=O) groups excluding carboxylic acids is 2. The van der Waals surface area contributed by atoms with Crippen LogP contribution in [-0.4, -0.2) is 49.3 Å². The average molecular weight is 394 g/mol. The zero-order valence-electron chi connectivity index (χ0n) is 17.6. The van der Waals surface area contributed by atoms with Crippen LogP contribution in [0.4, 0.5) is 11.4 Å². The lowest BCUT2D eigenvalue weighted by Gasteiger charge is -2.35. The second-order valence-corrected chi connectivity index (χ2v) is 7.85. The van der Waals surface area contributed by atoms with Crippen LogP contribution >= 0.6 is 0 Å². The maximum atomic E-state index is 12.4. The average Bonchev–Trinajstić information content (AvgIpc) is 2.74. The molecule has 0 radical (unpaired) electrons. The van der Waals surface area contributed by atoms with E-state index in [0.29, 0.717) is 12.5 Å². The summed E-state index contributed by atoms with van der Waals surface area (Å²) in [6, 6.07) is 15.9. The van der Waals surface area contributed by atoms with Gasteiger partial charge in [0.1, 0.15) is 0 Å². The quantitative estimate of drug-likeness (QED) is 0.718. The van der Waals surface area contributed by atoms with E-state index in [1.54, 1.807) is 6.92 Å². The maximum Gasteiger partial charge on any atom is 0.238 e. The number of benzene rings is 2. The van der Waals surface area contributed by atoms with Crippen LogP contribution in [0.3, 0.4) is 0 Å². The molecule has 2 aromatic carbocycles. The van der Waals surface area contributed by atoms with E-state index in [1.807, 2.05) is 36.4 Å². The van der Waals surface area contributed by atoms with Crippen LogP contribution in [0.15, 0.2) is 48.5 Å². The molecule has 0 aromatic heterocycles. The molecule has 1 aliphatic rings. The molecule has 2 aromatic rings. The molecule has 154 valence electrons. The number of nitrogens with zero attached hydrogens (tertiary/aromatic N) is 2. The van der Waals surface area contributed by atoms with Crippen molar-refractivity contribution < 1.29 is 9.59 Å². The van der Waals surface area contributed by atoms with Crippen molar-refractivity contribution in [3.63, 3.8) is 0 Å². The van der Waals surface area contributed by atoms with E-state index in [-0.39, 0.29) is 11.7 Å². The number of Topliss-reactive ketones (excluding diaryl/α,β-unsaturated/α-hetero) is 1. The second kappa shape index (κ2) is 9.70. The van der Waals surface area contributed by atoms with Crippen LogP contribution in [0.5, 0.6) is 0 Å². The van der Waals surface area contributed by atoms with Crippen LogP contribution in [0.2, 0.25) is 0 Å². The first-order valence-corrected chi connectivity index (χ1v) is 10.4. The molecule has 1 amide bonds. The summed E-state index contributed by atoms with van der Waals surface area (Å²) in [7, 11) is 0. The highest BCUT2D eigenvalue weighted by atomic mass is 16.2. The second-order valence-electron chi connectivity index (χ2n) is 7.85. The fourth-order valence-electron chi connectivity index (χ4n) is 3.61. The summed E-state index contributed by atoms with van der Waals surface area (Å²) in [5.41, 5.74) is 4.02. The zero-order chi connectivity index (χ0) is 20.8. The normalized spacial score (nSPS) is 15.8. The van der Waals surface area contributed by atoms with Crippen molar-refractivity contribution in [2.45, 2.75) is 33.1 Å². The van der Waals surface area contributed by atoms with Gasteiger partial charge in [-0.1, -0.05) is 26.0 Å². The molecule has 0 bridgehead atoms. The Kier molecular flexibility index (Phi) is 7.04. The summed E-state index contributed by atoms with van der Waals surface area (Å²) < 4.78 is 0. The number of hydrogen-bond acceptors (Lipinski definition) is 4. The van der Waals surface area contributed by atoms with Gasteiger partial charge in [0.05, 0.1) is 6.54 Å². The van der Waals surface area contributed by atoms with Crippen LogP contribution in [0.25, 0.3) is 0 Å². The van der Waals surface area contributed by atoms with Crippen molar-refractivity contribution in [3.05, 3.63) is 59.7 Å². The lowest BCUT2D eigenvalue weighted by Crippen LogP contribution is -2.48. The Morgan fingerprint density at radius 3 is 2.14 bits per heavy atom. The van der Waals surface area contributed by atoms with Gasteiger partial charge in [0, 0.05) is 43.1 Å². The van der Waals surface area contributed by atoms with Crippen molar-refractivity contribution in [1.29, 1.82) is 0 Å². The lowest BCUT2D eigenvalue weighted by atomic mass is 9.99. The third-order valence-electron chi connectivity index (χ3n) is 5.75. The van der Waals surface area contributed by atoms with Crippen molar-refractivity contribution in [2.75, 3.05) is 42.9 Å². The van der Waals surface area contributed by atoms with E-state index in [4.69, 9.17) is 0 Å². The molecule has 1 fully saturated rings. The van der Waals surface area contributed by atoms with Gasteiger partial charge in [0.15, 0.2) is 5.78 Å². The minimum atomic E-state index is 0.0283. The molecule has 1 N–H and O–H groups in total. The molecular formula is C24H31N3O2. The third-order valence-corrected chi connectivity index (χ3v) is 5.75. The van der Waals surface area contributed by atoms with Crippen LogP contribution < -0.4 is 10.2 Å². The van der Waals surface area contributed by atoms with Gasteiger partial charge in [-0.05, 0) is 61.2 Å². The SMILES string of the molecule is CC[C@@H](C)c1ccc(NC(=O)CN2CCN(c3ccc(C(C)=O)cc3)CC2)cc1. The van der Waals surface area contributed by atoms with Crippen LogP contribution in [-0.2, 0) is 4.79 Å². The number of nitrogens with one attached hydrogen (secondary N) is 1. The smallest absolute Gasteiger partial charge is 0.238 e. The summed E-state index contributed by atoms with van der Waals surface area (Å²) in [6.45, 7) is 9.81. The van der Waals surface area contributed by atoms with E-state index in [9.17, 15) is 9.59 Å². The highest BCUT2D eigenvalue weighted by Crippen LogP contribution is 2.21. The number of ketones is 1. The van der Waals surface area contributed by atoms with E-state index in [2.05, 4.69) is 41.1 Å². The van der Waals surface area contributed by atoms with Gasteiger partial charge in [-0.25, -0.2) is 0 Å². The molecule has 1 atom stereocenters. The highest BCUT2D eigenvalue weighted by Gasteiger charge is 2.19. The molecule has 0 spiro atoms. The Morgan fingerprint density at radius 1 is 0.966 bits per heavy atom. The van der Waals surface area contributed by atoms with Crippen molar-refractivity contribution in [2.24, 2.45) is 0 Å². The van der Waals surface area contributed by atoms with Crippen molar-refractivity contribution in [1.82, 2.24) is 4.90 Å². The lowest BCUT2D eigenvalue weighted by molar-refractivity contribution is -0.117. The summed E-state index contributed by atoms with van der Waals surface area (Å²) in [5, 5.41) is 3.01. The zero-order valence-corrected chi connectivity index (χ0v) is 17.6. The fourth-order valence-corrected chi connectivity index (χ4v) is 3.61. The van der Waals surface area contributed by atoms with Crippen LogP contribution in [0.1, 0.15) is 49.0 Å². The predicted octanol–water partition coefficient (Wildman–Crippen LogP) is 4.16. The van der Waals surface area contributed by atoms with E-state index in [0.717, 1.165) is 49.5 Å². The Morgan fingerprint density at radius 2 is 1.59 bits per heavy atom. The number of amides is 1. The van der Waals surface area contributed by atoms with Gasteiger partial charge in [-0.2, -0.15) is 0 Å². The van der Waals surface area contributed by atoms with Crippen molar-refractivity contribution in [3.8, 4) is 0 Å². The minimum Gasteiger partial charge on any atom is -0.369 e. The molecule has 1 saturated heterocycles. The number of piperazine rings is 1.